The Morgan fingerprint density at radius 2 is 1.78 bits per heavy atom. The number of fused-ring (bicyclic) bond motifs is 1. The molecule has 37 heavy (non-hydrogen) atoms. The summed E-state index contributed by atoms with van der Waals surface area (Å²) in [4.78, 5) is 40.0. The highest BCUT2D eigenvalue weighted by Crippen LogP contribution is 2.41. The zero-order valence-electron chi connectivity index (χ0n) is 19.5. The van der Waals surface area contributed by atoms with Crippen LogP contribution in [-0.2, 0) is 16.1 Å². The number of carbonyl (C=O) groups is 3. The Morgan fingerprint density at radius 1 is 1.03 bits per heavy atom. The van der Waals surface area contributed by atoms with Crippen molar-refractivity contribution >= 4 is 44.6 Å². The summed E-state index contributed by atoms with van der Waals surface area (Å²) in [6.07, 6.45) is 0. The highest BCUT2D eigenvalue weighted by molar-refractivity contribution is 9.10. The fraction of sp³-hybridized carbons (Fsp3) is 0.107. The number of nitrogens with zero attached hydrogens (tertiary/aromatic N) is 1. The topological polar surface area (TPSA) is 117 Å². The van der Waals surface area contributed by atoms with E-state index in [-0.39, 0.29) is 23.6 Å². The predicted molar refractivity (Wildman–Crippen MR) is 137 cm³/mol. The second kappa shape index (κ2) is 9.59. The fourth-order valence-corrected chi connectivity index (χ4v) is 4.79. The molecule has 1 amide bonds. The van der Waals surface area contributed by atoms with Crippen LogP contribution in [0, 0.1) is 0 Å². The number of phenols is 1. The number of benzene rings is 3. The van der Waals surface area contributed by atoms with Gasteiger partial charge in [-0.2, -0.15) is 0 Å². The van der Waals surface area contributed by atoms with Crippen molar-refractivity contribution in [3.63, 3.8) is 0 Å². The molecule has 0 bridgehead atoms. The molecular formula is C28H20BrNO7. The molecule has 0 fully saturated rings. The van der Waals surface area contributed by atoms with Gasteiger partial charge < -0.3 is 24.3 Å². The lowest BCUT2D eigenvalue weighted by Crippen LogP contribution is -2.30. The third-order valence-electron chi connectivity index (χ3n) is 6.16. The minimum absolute atomic E-state index is 0.0223. The number of methoxy groups -OCH3 is 1. The monoisotopic (exact) mass is 561 g/mol. The van der Waals surface area contributed by atoms with E-state index in [1.807, 2.05) is 0 Å². The van der Waals surface area contributed by atoms with E-state index in [9.17, 15) is 24.6 Å². The van der Waals surface area contributed by atoms with Crippen LogP contribution in [0.5, 0.6) is 5.75 Å². The van der Waals surface area contributed by atoms with Gasteiger partial charge in [-0.1, -0.05) is 40.2 Å². The Morgan fingerprint density at radius 3 is 2.49 bits per heavy atom. The highest BCUT2D eigenvalue weighted by Gasteiger charge is 2.44. The molecule has 2 heterocycles. The van der Waals surface area contributed by atoms with Crippen molar-refractivity contribution in [3.8, 4) is 5.75 Å². The average molecular weight is 562 g/mol. The van der Waals surface area contributed by atoms with Crippen LogP contribution in [0.4, 0.5) is 0 Å². The fourth-order valence-electron chi connectivity index (χ4n) is 4.41. The van der Waals surface area contributed by atoms with Crippen LogP contribution in [0.25, 0.3) is 11.0 Å². The van der Waals surface area contributed by atoms with E-state index in [2.05, 4.69) is 15.9 Å². The third-order valence-corrected chi connectivity index (χ3v) is 6.66. The third kappa shape index (κ3) is 4.49. The Hall–Kier alpha value is -4.37. The summed E-state index contributed by atoms with van der Waals surface area (Å²) in [6.45, 7) is 0.0223. The summed E-state index contributed by atoms with van der Waals surface area (Å²) in [5, 5.41) is 21.7. The van der Waals surface area contributed by atoms with E-state index in [0.29, 0.717) is 27.7 Å². The first-order valence-electron chi connectivity index (χ1n) is 11.2. The maximum absolute atomic E-state index is 13.7. The van der Waals surface area contributed by atoms with E-state index in [4.69, 9.17) is 9.15 Å². The molecular weight excluding hydrogens is 542 g/mol. The largest absolute Gasteiger partial charge is 0.508 e. The molecule has 8 nitrogen and oxygen atoms in total. The Balaban J connectivity index is 1.55. The van der Waals surface area contributed by atoms with Crippen molar-refractivity contribution < 1.29 is 33.8 Å². The number of phenolic OH excluding ortho intramolecular Hbond substituents is 1. The zero-order chi connectivity index (χ0) is 26.3. The summed E-state index contributed by atoms with van der Waals surface area (Å²) >= 11 is 3.39. The number of ketones is 1. The number of ether oxygens (including phenoxy) is 1. The van der Waals surface area contributed by atoms with Crippen molar-refractivity contribution in [2.75, 3.05) is 7.11 Å². The highest BCUT2D eigenvalue weighted by atomic mass is 79.9. The van der Waals surface area contributed by atoms with E-state index < -0.39 is 29.5 Å². The summed E-state index contributed by atoms with van der Waals surface area (Å²) < 4.78 is 11.3. The molecule has 1 aliphatic heterocycles. The maximum atomic E-state index is 13.7. The number of aliphatic hydroxyl groups excluding tert-OH is 1. The molecule has 0 aliphatic carbocycles. The molecule has 1 atom stereocenters. The van der Waals surface area contributed by atoms with Gasteiger partial charge in [-0.25, -0.2) is 4.79 Å². The van der Waals surface area contributed by atoms with Crippen LogP contribution < -0.4 is 0 Å². The van der Waals surface area contributed by atoms with Crippen LogP contribution >= 0.6 is 15.9 Å². The predicted octanol–water partition coefficient (Wildman–Crippen LogP) is 5.47. The Kier molecular flexibility index (Phi) is 6.31. The van der Waals surface area contributed by atoms with Crippen molar-refractivity contribution in [2.45, 2.75) is 12.6 Å². The van der Waals surface area contributed by atoms with Gasteiger partial charge in [0.25, 0.3) is 5.91 Å². The number of amides is 1. The van der Waals surface area contributed by atoms with E-state index >= 15 is 0 Å². The molecule has 3 aromatic carbocycles. The number of carbonyl (C=O) groups excluding carboxylic acids is 3. The number of aromatic hydroxyl groups is 1. The van der Waals surface area contributed by atoms with E-state index in [1.165, 1.54) is 24.1 Å². The van der Waals surface area contributed by atoms with Crippen LogP contribution in [0.1, 0.15) is 38.1 Å². The summed E-state index contributed by atoms with van der Waals surface area (Å²) in [6, 6.07) is 18.5. The van der Waals surface area contributed by atoms with Crippen molar-refractivity contribution in [1.29, 1.82) is 0 Å². The van der Waals surface area contributed by atoms with Gasteiger partial charge in [-0.05, 0) is 59.7 Å². The number of furan rings is 1. The molecule has 1 aromatic heterocycles. The first-order valence-corrected chi connectivity index (χ1v) is 12.0. The van der Waals surface area contributed by atoms with Crippen molar-refractivity contribution in [1.82, 2.24) is 4.90 Å². The molecule has 1 unspecified atom stereocenters. The smallest absolute Gasteiger partial charge is 0.337 e. The van der Waals surface area contributed by atoms with Gasteiger partial charge in [0.15, 0.2) is 11.5 Å². The number of hydrogen-bond donors (Lipinski definition) is 2. The molecule has 186 valence electrons. The summed E-state index contributed by atoms with van der Waals surface area (Å²) in [7, 11) is 1.28. The number of Topliss-reactive ketones (excluding diaryl/α,β-unsaturated/α-hetero) is 1. The number of esters is 1. The number of aliphatic hydroxyl groups is 1. The summed E-state index contributed by atoms with van der Waals surface area (Å²) in [5.74, 6) is -2.66. The molecule has 4 aromatic rings. The van der Waals surface area contributed by atoms with E-state index in [0.717, 1.165) is 4.47 Å². The van der Waals surface area contributed by atoms with Gasteiger partial charge in [-0.15, -0.1) is 0 Å². The molecule has 0 radical (unpaired) electrons. The van der Waals surface area contributed by atoms with Gasteiger partial charge in [0.05, 0.1) is 24.3 Å². The lowest BCUT2D eigenvalue weighted by atomic mass is 9.94. The molecule has 2 N–H and O–H groups in total. The van der Waals surface area contributed by atoms with Crippen LogP contribution in [-0.4, -0.2) is 39.9 Å². The second-order valence-corrected chi connectivity index (χ2v) is 9.42. The first kappa shape index (κ1) is 24.3. The van der Waals surface area contributed by atoms with Gasteiger partial charge in [0.1, 0.15) is 11.3 Å². The zero-order valence-corrected chi connectivity index (χ0v) is 21.1. The molecule has 9 heteroatoms. The lowest BCUT2D eigenvalue weighted by Gasteiger charge is -2.27. The standard InChI is InChI=1S/C28H20BrNO7/c1-36-28(35)16-7-5-15(6-8-16)14-30-24(17-3-2-4-20(31)12-17)23(26(33)27(30)34)25(32)22-13-18-11-19(29)9-10-21(18)37-22/h2-13,24,31,33H,14H2,1H3. The molecule has 1 aliphatic rings. The number of halogens is 1. The van der Waals surface area contributed by atoms with Gasteiger partial charge in [0.2, 0.25) is 5.78 Å². The van der Waals surface area contributed by atoms with Crippen molar-refractivity contribution in [2.24, 2.45) is 0 Å². The molecule has 0 saturated carbocycles. The van der Waals surface area contributed by atoms with Gasteiger partial charge in [-0.3, -0.25) is 9.59 Å². The van der Waals surface area contributed by atoms with Crippen LogP contribution in [0.2, 0.25) is 0 Å². The quantitative estimate of drug-likeness (QED) is 0.237. The molecule has 5 rings (SSSR count). The first-order chi connectivity index (χ1) is 17.8. The normalized spacial score (nSPS) is 15.5. The Bertz CT molecular complexity index is 1590. The van der Waals surface area contributed by atoms with Gasteiger partial charge >= 0.3 is 5.97 Å². The Labute approximate surface area is 219 Å². The second-order valence-electron chi connectivity index (χ2n) is 8.50. The molecule has 0 spiro atoms. The van der Waals surface area contributed by atoms with Crippen molar-refractivity contribution in [3.05, 3.63) is 111 Å². The maximum Gasteiger partial charge on any atom is 0.337 e. The minimum atomic E-state index is -0.993. The number of rotatable bonds is 6. The van der Waals surface area contributed by atoms with E-state index in [1.54, 1.807) is 60.7 Å². The SMILES string of the molecule is COC(=O)c1ccc(CN2C(=O)C(O)=C(C(=O)c3cc4cc(Br)ccc4o3)C2c2cccc(O)c2)cc1. The van der Waals surface area contributed by atoms with Crippen LogP contribution in [0.15, 0.2) is 93.0 Å². The average Bonchev–Trinajstić information content (AvgIpc) is 3.42. The lowest BCUT2D eigenvalue weighted by molar-refractivity contribution is -0.130. The minimum Gasteiger partial charge on any atom is -0.508 e. The summed E-state index contributed by atoms with van der Waals surface area (Å²) in [5.41, 5.74) is 1.76. The van der Waals surface area contributed by atoms with Gasteiger partial charge in [0, 0.05) is 16.4 Å². The van der Waals surface area contributed by atoms with Crippen LogP contribution in [0.3, 0.4) is 0 Å². The number of hydrogen-bond acceptors (Lipinski definition) is 7. The molecule has 0 saturated heterocycles.